The number of carbonyl (C=O) groups is 1. The van der Waals surface area contributed by atoms with Crippen LogP contribution < -0.4 is 5.32 Å². The zero-order valence-corrected chi connectivity index (χ0v) is 12.6. The number of hydrogen-bond acceptors (Lipinski definition) is 3. The standard InChI is InChI=1S/C17H25N3O/c21-17-16(9-8-15-6-2-1-3-7-15)18-14-20(17)13-12-19-10-4-5-11-19/h1-3,6-7,16,18H,4-5,8-14H2. The molecule has 2 heterocycles. The number of hydrogen-bond donors (Lipinski definition) is 1. The van der Waals surface area contributed by atoms with E-state index in [2.05, 4.69) is 34.5 Å². The number of benzene rings is 1. The smallest absolute Gasteiger partial charge is 0.240 e. The molecule has 4 heteroatoms. The molecule has 1 amide bonds. The molecule has 0 spiro atoms. The zero-order chi connectivity index (χ0) is 14.5. The molecule has 2 aliphatic heterocycles. The largest absolute Gasteiger partial charge is 0.327 e. The molecule has 21 heavy (non-hydrogen) atoms. The number of nitrogens with zero attached hydrogens (tertiary/aromatic N) is 2. The van der Waals surface area contributed by atoms with E-state index in [9.17, 15) is 4.79 Å². The molecular formula is C17H25N3O. The van der Waals surface area contributed by atoms with E-state index in [-0.39, 0.29) is 11.9 Å². The SMILES string of the molecule is O=C1C(CCc2ccccc2)NCN1CCN1CCCC1. The molecule has 3 rings (SSSR count). The fourth-order valence-corrected chi connectivity index (χ4v) is 3.24. The third-order valence-corrected chi connectivity index (χ3v) is 4.59. The molecule has 1 aromatic rings. The lowest BCUT2D eigenvalue weighted by Crippen LogP contribution is -2.36. The lowest BCUT2D eigenvalue weighted by molar-refractivity contribution is -0.129. The summed E-state index contributed by atoms with van der Waals surface area (Å²) >= 11 is 0. The van der Waals surface area contributed by atoms with E-state index in [1.807, 2.05) is 11.0 Å². The Morgan fingerprint density at radius 2 is 1.86 bits per heavy atom. The first-order chi connectivity index (χ1) is 10.3. The third kappa shape index (κ3) is 3.83. The van der Waals surface area contributed by atoms with Crippen LogP contribution in [0.15, 0.2) is 30.3 Å². The van der Waals surface area contributed by atoms with E-state index >= 15 is 0 Å². The lowest BCUT2D eigenvalue weighted by atomic mass is 10.1. The van der Waals surface area contributed by atoms with Crippen molar-refractivity contribution in [3.8, 4) is 0 Å². The Labute approximate surface area is 127 Å². The van der Waals surface area contributed by atoms with E-state index < -0.39 is 0 Å². The normalized spacial score (nSPS) is 23.1. The van der Waals surface area contributed by atoms with Gasteiger partial charge in [0.05, 0.1) is 12.7 Å². The molecule has 1 aromatic carbocycles. The van der Waals surface area contributed by atoms with Gasteiger partial charge in [-0.3, -0.25) is 10.1 Å². The maximum absolute atomic E-state index is 12.4. The summed E-state index contributed by atoms with van der Waals surface area (Å²) in [5.74, 6) is 0.283. The van der Waals surface area contributed by atoms with Crippen LogP contribution in [0.3, 0.4) is 0 Å². The predicted molar refractivity (Wildman–Crippen MR) is 83.9 cm³/mol. The van der Waals surface area contributed by atoms with Gasteiger partial charge in [-0.1, -0.05) is 30.3 Å². The minimum absolute atomic E-state index is 0.00350. The molecule has 2 saturated heterocycles. The van der Waals surface area contributed by atoms with Crippen molar-refractivity contribution in [3.05, 3.63) is 35.9 Å². The number of likely N-dealkylation sites (tertiary alicyclic amines) is 1. The molecule has 1 unspecified atom stereocenters. The van der Waals surface area contributed by atoms with Crippen molar-refractivity contribution in [2.24, 2.45) is 0 Å². The number of amides is 1. The highest BCUT2D eigenvalue weighted by Gasteiger charge is 2.30. The molecule has 0 bridgehead atoms. The Hall–Kier alpha value is -1.39. The van der Waals surface area contributed by atoms with Crippen LogP contribution in [0.4, 0.5) is 0 Å². The van der Waals surface area contributed by atoms with Gasteiger partial charge in [0, 0.05) is 13.1 Å². The predicted octanol–water partition coefficient (Wildman–Crippen LogP) is 1.47. The average Bonchev–Trinajstić information content (AvgIpc) is 3.15. The first-order valence-electron chi connectivity index (χ1n) is 8.11. The summed E-state index contributed by atoms with van der Waals surface area (Å²) in [7, 11) is 0. The highest BCUT2D eigenvalue weighted by Crippen LogP contribution is 2.12. The van der Waals surface area contributed by atoms with Gasteiger partial charge < -0.3 is 9.80 Å². The van der Waals surface area contributed by atoms with Crippen LogP contribution in [0.25, 0.3) is 0 Å². The van der Waals surface area contributed by atoms with Crippen LogP contribution in [0, 0.1) is 0 Å². The van der Waals surface area contributed by atoms with Crippen LogP contribution in [0.5, 0.6) is 0 Å². The van der Waals surface area contributed by atoms with Crippen LogP contribution in [-0.2, 0) is 11.2 Å². The molecule has 0 aromatic heterocycles. The lowest BCUT2D eigenvalue weighted by Gasteiger charge is -2.20. The van der Waals surface area contributed by atoms with Crippen molar-refractivity contribution in [2.75, 3.05) is 32.8 Å². The molecule has 2 aliphatic rings. The van der Waals surface area contributed by atoms with Gasteiger partial charge in [0.25, 0.3) is 0 Å². The van der Waals surface area contributed by atoms with Gasteiger partial charge in [-0.05, 0) is 44.3 Å². The first-order valence-corrected chi connectivity index (χ1v) is 8.11. The highest BCUT2D eigenvalue weighted by atomic mass is 16.2. The van der Waals surface area contributed by atoms with E-state index in [1.54, 1.807) is 0 Å². The van der Waals surface area contributed by atoms with Crippen molar-refractivity contribution in [1.29, 1.82) is 0 Å². The number of aryl methyl sites for hydroxylation is 1. The van der Waals surface area contributed by atoms with Gasteiger partial charge >= 0.3 is 0 Å². The molecule has 0 saturated carbocycles. The second kappa shape index (κ2) is 7.05. The van der Waals surface area contributed by atoms with E-state index in [1.165, 1.54) is 31.5 Å². The number of rotatable bonds is 6. The summed E-state index contributed by atoms with van der Waals surface area (Å²) in [5.41, 5.74) is 1.31. The fourth-order valence-electron chi connectivity index (χ4n) is 3.24. The van der Waals surface area contributed by atoms with Gasteiger partial charge in [-0.2, -0.15) is 0 Å². The molecule has 114 valence electrons. The first kappa shape index (κ1) is 14.5. The number of nitrogens with one attached hydrogen (secondary N) is 1. The molecule has 1 N–H and O–H groups in total. The Morgan fingerprint density at radius 3 is 2.62 bits per heavy atom. The van der Waals surface area contributed by atoms with Gasteiger partial charge in [0.15, 0.2) is 0 Å². The Balaban J connectivity index is 1.42. The van der Waals surface area contributed by atoms with Crippen LogP contribution in [0.2, 0.25) is 0 Å². The van der Waals surface area contributed by atoms with Crippen molar-refractivity contribution < 1.29 is 4.79 Å². The van der Waals surface area contributed by atoms with Crippen LogP contribution in [0.1, 0.15) is 24.8 Å². The maximum atomic E-state index is 12.4. The molecule has 4 nitrogen and oxygen atoms in total. The summed E-state index contributed by atoms with van der Waals surface area (Å²) in [4.78, 5) is 16.8. The average molecular weight is 287 g/mol. The molecule has 1 atom stereocenters. The van der Waals surface area contributed by atoms with Crippen molar-refractivity contribution >= 4 is 5.91 Å². The Kier molecular flexibility index (Phi) is 4.88. The second-order valence-corrected chi connectivity index (χ2v) is 6.09. The summed E-state index contributed by atoms with van der Waals surface area (Å²) in [6, 6.07) is 10.4. The monoisotopic (exact) mass is 287 g/mol. The zero-order valence-electron chi connectivity index (χ0n) is 12.6. The minimum atomic E-state index is 0.00350. The molecule has 2 fully saturated rings. The van der Waals surface area contributed by atoms with Gasteiger partial charge in [0.1, 0.15) is 0 Å². The van der Waals surface area contributed by atoms with Crippen molar-refractivity contribution in [1.82, 2.24) is 15.1 Å². The molecule has 0 radical (unpaired) electrons. The number of carbonyl (C=O) groups excluding carboxylic acids is 1. The van der Waals surface area contributed by atoms with Gasteiger partial charge in [-0.25, -0.2) is 0 Å². The maximum Gasteiger partial charge on any atom is 0.240 e. The Morgan fingerprint density at radius 1 is 1.10 bits per heavy atom. The van der Waals surface area contributed by atoms with E-state index in [0.29, 0.717) is 6.67 Å². The van der Waals surface area contributed by atoms with Crippen molar-refractivity contribution in [2.45, 2.75) is 31.7 Å². The van der Waals surface area contributed by atoms with Gasteiger partial charge in [0.2, 0.25) is 5.91 Å². The summed E-state index contributed by atoms with van der Waals surface area (Å²) in [5, 5.41) is 3.36. The highest BCUT2D eigenvalue weighted by molar-refractivity contribution is 5.83. The fraction of sp³-hybridized carbons (Fsp3) is 0.588. The summed E-state index contributed by atoms with van der Waals surface area (Å²) in [6.07, 6.45) is 4.48. The van der Waals surface area contributed by atoms with Crippen LogP contribution >= 0.6 is 0 Å². The molecular weight excluding hydrogens is 262 g/mol. The quantitative estimate of drug-likeness (QED) is 0.861. The summed E-state index contributed by atoms with van der Waals surface area (Å²) in [6.45, 7) is 5.01. The van der Waals surface area contributed by atoms with Crippen LogP contribution in [-0.4, -0.2) is 54.6 Å². The third-order valence-electron chi connectivity index (χ3n) is 4.59. The topological polar surface area (TPSA) is 35.6 Å². The minimum Gasteiger partial charge on any atom is -0.327 e. The Bertz CT molecular complexity index is 456. The van der Waals surface area contributed by atoms with Gasteiger partial charge in [-0.15, -0.1) is 0 Å². The van der Waals surface area contributed by atoms with E-state index in [0.717, 1.165) is 25.9 Å². The summed E-state index contributed by atoms with van der Waals surface area (Å²) < 4.78 is 0. The van der Waals surface area contributed by atoms with Crippen molar-refractivity contribution in [3.63, 3.8) is 0 Å². The van der Waals surface area contributed by atoms with E-state index in [4.69, 9.17) is 0 Å². The second-order valence-electron chi connectivity index (χ2n) is 6.09. The molecule has 0 aliphatic carbocycles.